The number of guanidine groups is 1. The summed E-state index contributed by atoms with van der Waals surface area (Å²) in [4.78, 5) is 6.96. The van der Waals surface area contributed by atoms with Crippen molar-refractivity contribution < 1.29 is 9.13 Å². The molecule has 0 saturated heterocycles. The van der Waals surface area contributed by atoms with Crippen LogP contribution in [0.5, 0.6) is 5.75 Å². The molecule has 26 heavy (non-hydrogen) atoms. The Bertz CT molecular complexity index is 544. The molecule has 0 aliphatic rings. The third-order valence-electron chi connectivity index (χ3n) is 3.97. The van der Waals surface area contributed by atoms with Crippen molar-refractivity contribution in [3.63, 3.8) is 0 Å². The molecule has 0 saturated carbocycles. The molecule has 0 heterocycles. The molecule has 0 bridgehead atoms. The first kappa shape index (κ1) is 24.9. The molecule has 1 aromatic carbocycles. The third kappa shape index (κ3) is 8.53. The standard InChI is InChI=1S/C19H33FN4O.HI/c1-7-21-19(22-10-11-24(14(2)3)15(4)5)23-13-16-8-9-18(25-6)17(20)12-16;/h8-9,12,14-15H,7,10-11,13H2,1-6H3,(H2,21,22,23);1H. The Kier molecular flexibility index (Phi) is 12.6. The highest BCUT2D eigenvalue weighted by molar-refractivity contribution is 14.0. The zero-order valence-electron chi connectivity index (χ0n) is 16.8. The lowest BCUT2D eigenvalue weighted by Crippen LogP contribution is -2.45. The molecule has 0 aromatic heterocycles. The summed E-state index contributed by atoms with van der Waals surface area (Å²) in [5, 5.41) is 6.57. The van der Waals surface area contributed by atoms with Gasteiger partial charge in [0.25, 0.3) is 0 Å². The molecular formula is C19H34FIN4O. The van der Waals surface area contributed by atoms with E-state index >= 15 is 0 Å². The van der Waals surface area contributed by atoms with Crippen LogP contribution >= 0.6 is 24.0 Å². The van der Waals surface area contributed by atoms with Crippen molar-refractivity contribution in [1.29, 1.82) is 0 Å². The van der Waals surface area contributed by atoms with Crippen LogP contribution in [-0.4, -0.2) is 49.7 Å². The summed E-state index contributed by atoms with van der Waals surface area (Å²) >= 11 is 0. The summed E-state index contributed by atoms with van der Waals surface area (Å²) in [6, 6.07) is 5.93. The predicted molar refractivity (Wildman–Crippen MR) is 118 cm³/mol. The quantitative estimate of drug-likeness (QED) is 0.322. The van der Waals surface area contributed by atoms with Crippen molar-refractivity contribution in [2.45, 2.75) is 53.2 Å². The number of benzene rings is 1. The lowest BCUT2D eigenvalue weighted by atomic mass is 10.2. The van der Waals surface area contributed by atoms with Gasteiger partial charge in [0.2, 0.25) is 0 Å². The highest BCUT2D eigenvalue weighted by atomic mass is 127. The molecule has 0 atom stereocenters. The van der Waals surface area contributed by atoms with Gasteiger partial charge in [0, 0.05) is 31.7 Å². The van der Waals surface area contributed by atoms with Gasteiger partial charge in [0.05, 0.1) is 13.7 Å². The van der Waals surface area contributed by atoms with Gasteiger partial charge >= 0.3 is 0 Å². The van der Waals surface area contributed by atoms with E-state index in [2.05, 4.69) is 48.2 Å². The Morgan fingerprint density at radius 1 is 1.19 bits per heavy atom. The van der Waals surface area contributed by atoms with E-state index in [0.717, 1.165) is 31.2 Å². The number of nitrogens with zero attached hydrogens (tertiary/aromatic N) is 2. The Balaban J connectivity index is 0.00000625. The first-order valence-corrected chi connectivity index (χ1v) is 8.99. The fraction of sp³-hybridized carbons (Fsp3) is 0.632. The summed E-state index contributed by atoms with van der Waals surface area (Å²) in [5.41, 5.74) is 0.807. The number of hydrogen-bond acceptors (Lipinski definition) is 3. The molecule has 150 valence electrons. The van der Waals surface area contributed by atoms with Crippen LogP contribution in [-0.2, 0) is 6.54 Å². The van der Waals surface area contributed by atoms with Gasteiger partial charge in [-0.1, -0.05) is 6.07 Å². The smallest absolute Gasteiger partial charge is 0.191 e. The van der Waals surface area contributed by atoms with Crippen molar-refractivity contribution in [3.05, 3.63) is 29.6 Å². The maximum absolute atomic E-state index is 13.8. The largest absolute Gasteiger partial charge is 0.494 e. The van der Waals surface area contributed by atoms with E-state index in [1.54, 1.807) is 6.07 Å². The molecule has 1 rings (SSSR count). The van der Waals surface area contributed by atoms with Crippen LogP contribution in [0, 0.1) is 5.82 Å². The Labute approximate surface area is 174 Å². The normalized spacial score (nSPS) is 11.7. The summed E-state index contributed by atoms with van der Waals surface area (Å²) in [7, 11) is 1.46. The van der Waals surface area contributed by atoms with E-state index in [1.807, 2.05) is 13.0 Å². The minimum atomic E-state index is -0.363. The maximum Gasteiger partial charge on any atom is 0.191 e. The molecule has 0 amide bonds. The van der Waals surface area contributed by atoms with Gasteiger partial charge in [0.1, 0.15) is 0 Å². The lowest BCUT2D eigenvalue weighted by molar-refractivity contribution is 0.178. The SMILES string of the molecule is CCNC(=NCc1ccc(OC)c(F)c1)NCCN(C(C)C)C(C)C.I. The topological polar surface area (TPSA) is 48.9 Å². The van der Waals surface area contributed by atoms with E-state index < -0.39 is 0 Å². The van der Waals surface area contributed by atoms with E-state index in [0.29, 0.717) is 18.6 Å². The van der Waals surface area contributed by atoms with E-state index in [1.165, 1.54) is 13.2 Å². The second-order valence-corrected chi connectivity index (χ2v) is 6.52. The molecule has 0 aliphatic heterocycles. The first-order valence-electron chi connectivity index (χ1n) is 8.99. The zero-order valence-corrected chi connectivity index (χ0v) is 19.1. The number of nitrogens with one attached hydrogen (secondary N) is 2. The maximum atomic E-state index is 13.8. The summed E-state index contributed by atoms with van der Waals surface area (Å²) in [5.74, 6) is 0.629. The molecule has 7 heteroatoms. The number of ether oxygens (including phenoxy) is 1. The summed E-state index contributed by atoms with van der Waals surface area (Å²) in [6.45, 7) is 13.8. The number of hydrogen-bond donors (Lipinski definition) is 2. The van der Waals surface area contributed by atoms with Crippen molar-refractivity contribution >= 4 is 29.9 Å². The summed E-state index contributed by atoms with van der Waals surface area (Å²) < 4.78 is 18.7. The Morgan fingerprint density at radius 2 is 1.85 bits per heavy atom. The molecule has 0 radical (unpaired) electrons. The molecular weight excluding hydrogens is 446 g/mol. The average Bonchev–Trinajstić information content (AvgIpc) is 2.55. The second-order valence-electron chi connectivity index (χ2n) is 6.52. The van der Waals surface area contributed by atoms with Crippen molar-refractivity contribution in [3.8, 4) is 5.75 Å². The van der Waals surface area contributed by atoms with Gasteiger partial charge in [-0.25, -0.2) is 9.38 Å². The fourth-order valence-electron chi connectivity index (χ4n) is 2.74. The second kappa shape index (κ2) is 13.1. The highest BCUT2D eigenvalue weighted by Gasteiger charge is 2.12. The van der Waals surface area contributed by atoms with Gasteiger partial charge in [-0.2, -0.15) is 0 Å². The van der Waals surface area contributed by atoms with Gasteiger partial charge in [-0.05, 0) is 52.3 Å². The first-order chi connectivity index (χ1) is 11.9. The van der Waals surface area contributed by atoms with Gasteiger partial charge in [0.15, 0.2) is 17.5 Å². The monoisotopic (exact) mass is 480 g/mol. The number of rotatable bonds is 9. The number of halogens is 2. The highest BCUT2D eigenvalue weighted by Crippen LogP contribution is 2.18. The number of methoxy groups -OCH3 is 1. The van der Waals surface area contributed by atoms with Crippen LogP contribution in [0.2, 0.25) is 0 Å². The number of aliphatic imine (C=N–C) groups is 1. The summed E-state index contributed by atoms with van der Waals surface area (Å²) in [6.07, 6.45) is 0. The third-order valence-corrected chi connectivity index (χ3v) is 3.97. The molecule has 0 aliphatic carbocycles. The predicted octanol–water partition coefficient (Wildman–Crippen LogP) is 3.63. The van der Waals surface area contributed by atoms with E-state index in [-0.39, 0.29) is 35.5 Å². The van der Waals surface area contributed by atoms with E-state index in [9.17, 15) is 4.39 Å². The molecule has 0 unspecified atom stereocenters. The van der Waals surface area contributed by atoms with Gasteiger partial charge in [-0.3, -0.25) is 4.90 Å². The average molecular weight is 480 g/mol. The van der Waals surface area contributed by atoms with Gasteiger partial charge in [-0.15, -0.1) is 24.0 Å². The van der Waals surface area contributed by atoms with Crippen LogP contribution < -0.4 is 15.4 Å². The zero-order chi connectivity index (χ0) is 18.8. The van der Waals surface area contributed by atoms with Crippen LogP contribution in [0.1, 0.15) is 40.2 Å². The van der Waals surface area contributed by atoms with Crippen molar-refractivity contribution in [2.24, 2.45) is 4.99 Å². The molecule has 5 nitrogen and oxygen atoms in total. The molecule has 1 aromatic rings. The Morgan fingerprint density at radius 3 is 2.35 bits per heavy atom. The Hall–Kier alpha value is -1.09. The van der Waals surface area contributed by atoms with Crippen LogP contribution in [0.25, 0.3) is 0 Å². The molecule has 0 fully saturated rings. The van der Waals surface area contributed by atoms with Crippen LogP contribution in [0.4, 0.5) is 4.39 Å². The lowest BCUT2D eigenvalue weighted by Gasteiger charge is -2.30. The van der Waals surface area contributed by atoms with Gasteiger partial charge < -0.3 is 15.4 Å². The van der Waals surface area contributed by atoms with E-state index in [4.69, 9.17) is 4.74 Å². The minimum Gasteiger partial charge on any atom is -0.494 e. The molecule has 0 spiro atoms. The minimum absolute atomic E-state index is 0. The van der Waals surface area contributed by atoms with Crippen LogP contribution in [0.15, 0.2) is 23.2 Å². The molecule has 2 N–H and O–H groups in total. The van der Waals surface area contributed by atoms with Crippen molar-refractivity contribution in [1.82, 2.24) is 15.5 Å². The van der Waals surface area contributed by atoms with Crippen molar-refractivity contribution in [2.75, 3.05) is 26.7 Å². The van der Waals surface area contributed by atoms with Crippen LogP contribution in [0.3, 0.4) is 0 Å². The fourth-order valence-corrected chi connectivity index (χ4v) is 2.74.